The van der Waals surface area contributed by atoms with Crippen molar-refractivity contribution in [3.63, 3.8) is 0 Å². The van der Waals surface area contributed by atoms with Crippen molar-refractivity contribution < 1.29 is 0 Å². The van der Waals surface area contributed by atoms with Crippen molar-refractivity contribution in [2.24, 2.45) is 0 Å². The lowest BCUT2D eigenvalue weighted by atomic mass is 9.95. The van der Waals surface area contributed by atoms with E-state index in [-0.39, 0.29) is 6.04 Å². The van der Waals surface area contributed by atoms with Crippen molar-refractivity contribution in [2.75, 3.05) is 19.4 Å². The quantitative estimate of drug-likeness (QED) is 0.851. The van der Waals surface area contributed by atoms with Crippen molar-refractivity contribution in [2.45, 2.75) is 25.8 Å². The summed E-state index contributed by atoms with van der Waals surface area (Å²) >= 11 is 0. The molecule has 0 fully saturated rings. The molecule has 106 valence electrons. The van der Waals surface area contributed by atoms with Gasteiger partial charge in [-0.1, -0.05) is 50.2 Å². The van der Waals surface area contributed by atoms with E-state index in [9.17, 15) is 0 Å². The van der Waals surface area contributed by atoms with Crippen molar-refractivity contribution in [3.8, 4) is 0 Å². The van der Waals surface area contributed by atoms with Crippen molar-refractivity contribution in [3.05, 3.63) is 65.2 Å². The Hall–Kier alpha value is -1.80. The summed E-state index contributed by atoms with van der Waals surface area (Å²) in [6.07, 6.45) is 0. The molecule has 0 bridgehead atoms. The highest BCUT2D eigenvalue weighted by atomic mass is 14.9. The zero-order valence-corrected chi connectivity index (χ0v) is 12.8. The first-order chi connectivity index (χ1) is 9.65. The molecular formula is C18H24N2. The van der Waals surface area contributed by atoms with E-state index in [0.717, 1.165) is 5.69 Å². The second kappa shape index (κ2) is 6.58. The third-order valence-electron chi connectivity index (χ3n) is 3.76. The van der Waals surface area contributed by atoms with E-state index >= 15 is 0 Å². The van der Waals surface area contributed by atoms with Gasteiger partial charge in [-0.05, 0) is 41.8 Å². The molecule has 2 heteroatoms. The molecule has 0 saturated heterocycles. The monoisotopic (exact) mass is 268 g/mol. The van der Waals surface area contributed by atoms with E-state index in [4.69, 9.17) is 0 Å². The van der Waals surface area contributed by atoms with Gasteiger partial charge in [0.25, 0.3) is 0 Å². The molecule has 0 heterocycles. The van der Waals surface area contributed by atoms with Crippen LogP contribution in [0.3, 0.4) is 0 Å². The third-order valence-corrected chi connectivity index (χ3v) is 3.76. The SMILES string of the molecule is CNc1ccc(C(NC)c2ccc(C(C)C)cc2)cc1. The summed E-state index contributed by atoms with van der Waals surface area (Å²) in [5, 5.41) is 6.55. The fourth-order valence-electron chi connectivity index (χ4n) is 2.44. The zero-order valence-electron chi connectivity index (χ0n) is 12.8. The molecule has 1 atom stereocenters. The molecule has 2 N–H and O–H groups in total. The second-order valence-electron chi connectivity index (χ2n) is 5.42. The predicted molar refractivity (Wildman–Crippen MR) is 87.4 cm³/mol. The average Bonchev–Trinajstić information content (AvgIpc) is 2.49. The standard InChI is InChI=1S/C18H24N2/c1-13(2)14-5-7-15(8-6-14)18(20-4)16-9-11-17(19-3)12-10-16/h5-13,18-20H,1-4H3. The number of anilines is 1. The Morgan fingerprint density at radius 3 is 1.55 bits per heavy atom. The molecular weight excluding hydrogens is 244 g/mol. The van der Waals surface area contributed by atoms with Gasteiger partial charge in [-0.2, -0.15) is 0 Å². The highest BCUT2D eigenvalue weighted by Gasteiger charge is 2.12. The van der Waals surface area contributed by atoms with Crippen LogP contribution in [0.15, 0.2) is 48.5 Å². The molecule has 0 spiro atoms. The van der Waals surface area contributed by atoms with Gasteiger partial charge in [0.05, 0.1) is 6.04 Å². The summed E-state index contributed by atoms with van der Waals surface area (Å²) in [5.41, 5.74) is 5.10. The van der Waals surface area contributed by atoms with E-state index < -0.39 is 0 Å². The van der Waals surface area contributed by atoms with Gasteiger partial charge in [0.1, 0.15) is 0 Å². The van der Waals surface area contributed by atoms with Crippen LogP contribution in [0.2, 0.25) is 0 Å². The Kier molecular flexibility index (Phi) is 4.80. The molecule has 0 aliphatic carbocycles. The fraction of sp³-hybridized carbons (Fsp3) is 0.333. The minimum absolute atomic E-state index is 0.238. The van der Waals surface area contributed by atoms with E-state index in [1.165, 1.54) is 16.7 Å². The third kappa shape index (κ3) is 3.20. The van der Waals surface area contributed by atoms with E-state index in [2.05, 4.69) is 73.0 Å². The second-order valence-corrected chi connectivity index (χ2v) is 5.42. The van der Waals surface area contributed by atoms with Crippen LogP contribution >= 0.6 is 0 Å². The van der Waals surface area contributed by atoms with E-state index in [1.54, 1.807) is 0 Å². The Morgan fingerprint density at radius 1 is 0.700 bits per heavy atom. The number of benzene rings is 2. The van der Waals surface area contributed by atoms with Gasteiger partial charge in [-0.3, -0.25) is 0 Å². The summed E-state index contributed by atoms with van der Waals surface area (Å²) in [7, 11) is 3.95. The number of hydrogen-bond donors (Lipinski definition) is 2. The maximum atomic E-state index is 3.40. The molecule has 0 amide bonds. The summed E-state index contributed by atoms with van der Waals surface area (Å²) in [6, 6.07) is 17.7. The molecule has 0 saturated carbocycles. The molecule has 2 aromatic rings. The summed E-state index contributed by atoms with van der Waals surface area (Å²) in [5.74, 6) is 0.576. The first kappa shape index (κ1) is 14.6. The molecule has 2 rings (SSSR count). The number of hydrogen-bond acceptors (Lipinski definition) is 2. The molecule has 2 aromatic carbocycles. The van der Waals surface area contributed by atoms with Crippen LogP contribution in [-0.4, -0.2) is 14.1 Å². The highest BCUT2D eigenvalue weighted by Crippen LogP contribution is 2.25. The van der Waals surface area contributed by atoms with E-state index in [0.29, 0.717) is 5.92 Å². The molecule has 1 unspecified atom stereocenters. The van der Waals surface area contributed by atoms with Crippen molar-refractivity contribution in [1.82, 2.24) is 5.32 Å². The maximum absolute atomic E-state index is 3.40. The first-order valence-corrected chi connectivity index (χ1v) is 7.20. The van der Waals surface area contributed by atoms with Crippen LogP contribution in [-0.2, 0) is 0 Å². The number of rotatable bonds is 5. The Labute approximate surface area is 122 Å². The van der Waals surface area contributed by atoms with Gasteiger partial charge in [0.15, 0.2) is 0 Å². The topological polar surface area (TPSA) is 24.1 Å². The van der Waals surface area contributed by atoms with Crippen LogP contribution in [0.25, 0.3) is 0 Å². The average molecular weight is 268 g/mol. The first-order valence-electron chi connectivity index (χ1n) is 7.20. The Bertz CT molecular complexity index is 526. The highest BCUT2D eigenvalue weighted by molar-refractivity contribution is 5.46. The van der Waals surface area contributed by atoms with Crippen LogP contribution in [0.4, 0.5) is 5.69 Å². The van der Waals surface area contributed by atoms with Crippen molar-refractivity contribution in [1.29, 1.82) is 0 Å². The van der Waals surface area contributed by atoms with Crippen molar-refractivity contribution >= 4 is 5.69 Å². The predicted octanol–water partition coefficient (Wildman–Crippen LogP) is 4.16. The Balaban J connectivity index is 2.26. The van der Waals surface area contributed by atoms with E-state index in [1.807, 2.05) is 14.1 Å². The van der Waals surface area contributed by atoms with Gasteiger partial charge in [-0.15, -0.1) is 0 Å². The molecule has 2 nitrogen and oxygen atoms in total. The van der Waals surface area contributed by atoms with Gasteiger partial charge in [0, 0.05) is 12.7 Å². The smallest absolute Gasteiger partial charge is 0.0574 e. The maximum Gasteiger partial charge on any atom is 0.0574 e. The van der Waals surface area contributed by atoms with Crippen LogP contribution in [0.1, 0.15) is 42.5 Å². The van der Waals surface area contributed by atoms with Gasteiger partial charge >= 0.3 is 0 Å². The van der Waals surface area contributed by atoms with Gasteiger partial charge < -0.3 is 10.6 Å². The molecule has 0 aliphatic rings. The van der Waals surface area contributed by atoms with Crippen LogP contribution < -0.4 is 10.6 Å². The lowest BCUT2D eigenvalue weighted by molar-refractivity contribution is 0.691. The van der Waals surface area contributed by atoms with Gasteiger partial charge in [0.2, 0.25) is 0 Å². The zero-order chi connectivity index (χ0) is 14.5. The minimum atomic E-state index is 0.238. The minimum Gasteiger partial charge on any atom is -0.388 e. The number of nitrogens with one attached hydrogen (secondary N) is 2. The molecule has 0 aliphatic heterocycles. The Morgan fingerprint density at radius 2 is 1.15 bits per heavy atom. The van der Waals surface area contributed by atoms with Gasteiger partial charge in [-0.25, -0.2) is 0 Å². The van der Waals surface area contributed by atoms with Crippen LogP contribution in [0, 0.1) is 0 Å². The normalized spacial score (nSPS) is 12.4. The summed E-state index contributed by atoms with van der Waals surface area (Å²) in [6.45, 7) is 4.45. The molecule has 20 heavy (non-hydrogen) atoms. The van der Waals surface area contributed by atoms with Crippen LogP contribution in [0.5, 0.6) is 0 Å². The fourth-order valence-corrected chi connectivity index (χ4v) is 2.44. The molecule has 0 radical (unpaired) electrons. The summed E-state index contributed by atoms with van der Waals surface area (Å²) in [4.78, 5) is 0. The largest absolute Gasteiger partial charge is 0.388 e. The molecule has 0 aromatic heterocycles. The lowest BCUT2D eigenvalue weighted by Crippen LogP contribution is -2.17. The summed E-state index contributed by atoms with van der Waals surface area (Å²) < 4.78 is 0. The lowest BCUT2D eigenvalue weighted by Gasteiger charge is -2.18.